The van der Waals surface area contributed by atoms with E-state index in [1.807, 2.05) is 6.07 Å². The number of nitrogens with zero attached hydrogens (tertiary/aromatic N) is 5. The molecule has 9 nitrogen and oxygen atoms in total. The van der Waals surface area contributed by atoms with Crippen molar-refractivity contribution in [2.75, 3.05) is 11.9 Å². The summed E-state index contributed by atoms with van der Waals surface area (Å²) in [7, 11) is 0. The monoisotopic (exact) mass is 498 g/mol. The minimum atomic E-state index is -0.185. The van der Waals surface area contributed by atoms with Crippen molar-refractivity contribution < 1.29 is 14.4 Å². The summed E-state index contributed by atoms with van der Waals surface area (Å²) in [6.07, 6.45) is 11.2. The maximum Gasteiger partial charge on any atom is 0.261 e. The van der Waals surface area contributed by atoms with Crippen LogP contribution >= 0.6 is 0 Å². The predicted octanol–water partition coefficient (Wildman–Crippen LogP) is 4.88. The van der Waals surface area contributed by atoms with E-state index in [2.05, 4.69) is 21.5 Å². The van der Waals surface area contributed by atoms with Crippen LogP contribution in [0.1, 0.15) is 84.1 Å². The molecule has 4 rings (SSSR count). The van der Waals surface area contributed by atoms with E-state index in [1.165, 1.54) is 15.8 Å². The normalized spacial score (nSPS) is 12.5. The van der Waals surface area contributed by atoms with Crippen molar-refractivity contribution in [2.45, 2.75) is 57.8 Å². The average Bonchev–Trinajstić information content (AvgIpc) is 3.44. The Hall–Kier alpha value is -4.32. The predicted molar refractivity (Wildman–Crippen MR) is 138 cm³/mol. The van der Waals surface area contributed by atoms with E-state index in [0.29, 0.717) is 41.3 Å². The highest BCUT2D eigenvalue weighted by Crippen LogP contribution is 2.23. The number of nitrogens with one attached hydrogen (secondary N) is 1. The number of pyridine rings is 1. The van der Waals surface area contributed by atoms with Crippen LogP contribution in [0, 0.1) is 11.3 Å². The van der Waals surface area contributed by atoms with Crippen LogP contribution in [0.4, 0.5) is 5.82 Å². The Morgan fingerprint density at radius 1 is 0.865 bits per heavy atom. The average molecular weight is 499 g/mol. The molecule has 3 heterocycles. The van der Waals surface area contributed by atoms with Crippen LogP contribution in [0.15, 0.2) is 54.9 Å². The molecule has 9 heteroatoms. The van der Waals surface area contributed by atoms with Gasteiger partial charge in [0.1, 0.15) is 11.6 Å². The standard InChI is InChI=1S/C28H30N6O3/c29-19-21-20-31-34(24-15-10-11-17-30-24)26(21)32-25(35)16-7-5-3-1-2-4-6-12-18-33-27(36)22-13-8-9-14-23(22)28(33)37/h8-11,13-15,17,20H,1-7,12,16,18H2,(H,32,35). The molecule has 0 unspecified atom stereocenters. The Morgan fingerprint density at radius 3 is 2.11 bits per heavy atom. The van der Waals surface area contributed by atoms with E-state index in [4.69, 9.17) is 0 Å². The van der Waals surface area contributed by atoms with Gasteiger partial charge in [0.15, 0.2) is 11.6 Å². The fourth-order valence-electron chi connectivity index (χ4n) is 4.46. The number of benzene rings is 1. The summed E-state index contributed by atoms with van der Waals surface area (Å²) in [5, 5.41) is 16.3. The highest BCUT2D eigenvalue weighted by atomic mass is 16.2. The first-order chi connectivity index (χ1) is 18.1. The molecule has 2 aromatic heterocycles. The fraction of sp³-hybridized carbons (Fsp3) is 0.357. The lowest BCUT2D eigenvalue weighted by Crippen LogP contribution is -2.30. The molecule has 0 aliphatic carbocycles. The highest BCUT2D eigenvalue weighted by molar-refractivity contribution is 6.21. The third kappa shape index (κ3) is 6.28. The summed E-state index contributed by atoms with van der Waals surface area (Å²) in [4.78, 5) is 42.8. The first kappa shape index (κ1) is 25.8. The lowest BCUT2D eigenvalue weighted by atomic mass is 10.1. The van der Waals surface area contributed by atoms with Crippen molar-refractivity contribution in [3.05, 3.63) is 71.5 Å². The lowest BCUT2D eigenvalue weighted by Gasteiger charge is -2.13. The van der Waals surface area contributed by atoms with Gasteiger partial charge in [0, 0.05) is 19.2 Å². The van der Waals surface area contributed by atoms with Crippen molar-refractivity contribution in [1.29, 1.82) is 5.26 Å². The maximum atomic E-state index is 12.5. The van der Waals surface area contributed by atoms with E-state index in [9.17, 15) is 19.6 Å². The summed E-state index contributed by atoms with van der Waals surface area (Å²) < 4.78 is 1.46. The minimum Gasteiger partial charge on any atom is -0.309 e. The fourth-order valence-corrected chi connectivity index (χ4v) is 4.46. The highest BCUT2D eigenvalue weighted by Gasteiger charge is 2.34. The van der Waals surface area contributed by atoms with Crippen LogP contribution in [0.25, 0.3) is 5.82 Å². The lowest BCUT2D eigenvalue weighted by molar-refractivity contribution is -0.116. The molecule has 37 heavy (non-hydrogen) atoms. The summed E-state index contributed by atoms with van der Waals surface area (Å²) in [5.74, 6) is 0.349. The molecular formula is C28H30N6O3. The van der Waals surface area contributed by atoms with Crippen LogP contribution in [-0.4, -0.2) is 43.9 Å². The van der Waals surface area contributed by atoms with Crippen LogP contribution in [-0.2, 0) is 4.79 Å². The summed E-state index contributed by atoms with van der Waals surface area (Å²) in [6.45, 7) is 0.466. The summed E-state index contributed by atoms with van der Waals surface area (Å²) >= 11 is 0. The largest absolute Gasteiger partial charge is 0.309 e. The molecule has 0 atom stereocenters. The number of anilines is 1. The van der Waals surface area contributed by atoms with Crippen molar-refractivity contribution in [2.24, 2.45) is 0 Å². The topological polar surface area (TPSA) is 121 Å². The number of rotatable bonds is 13. The number of carbonyl (C=O) groups is 3. The first-order valence-electron chi connectivity index (χ1n) is 12.7. The van der Waals surface area contributed by atoms with Crippen LogP contribution in [0.5, 0.6) is 0 Å². The molecule has 0 saturated carbocycles. The molecule has 3 aromatic rings. The minimum absolute atomic E-state index is 0.151. The van der Waals surface area contributed by atoms with Gasteiger partial charge in [-0.25, -0.2) is 4.98 Å². The Morgan fingerprint density at radius 2 is 1.49 bits per heavy atom. The molecule has 1 aromatic carbocycles. The number of hydrogen-bond acceptors (Lipinski definition) is 6. The maximum absolute atomic E-state index is 12.5. The molecular weight excluding hydrogens is 468 g/mol. The van der Waals surface area contributed by atoms with Crippen molar-refractivity contribution in [1.82, 2.24) is 19.7 Å². The number of fused-ring (bicyclic) bond motifs is 1. The van der Waals surface area contributed by atoms with Gasteiger partial charge in [-0.05, 0) is 37.1 Å². The second kappa shape index (κ2) is 12.6. The number of aromatic nitrogens is 3. The Kier molecular flexibility index (Phi) is 8.76. The molecule has 0 spiro atoms. The van der Waals surface area contributed by atoms with Crippen LogP contribution in [0.2, 0.25) is 0 Å². The molecule has 190 valence electrons. The van der Waals surface area contributed by atoms with Gasteiger partial charge >= 0.3 is 0 Å². The number of hydrogen-bond donors (Lipinski definition) is 1. The summed E-state index contributed by atoms with van der Waals surface area (Å²) in [6, 6.07) is 14.4. The number of imide groups is 1. The summed E-state index contributed by atoms with van der Waals surface area (Å²) in [5.41, 5.74) is 1.30. The molecule has 0 bridgehead atoms. The van der Waals surface area contributed by atoms with Crippen molar-refractivity contribution in [3.63, 3.8) is 0 Å². The SMILES string of the molecule is N#Cc1cnn(-c2ccccn2)c1NC(=O)CCCCCCCCCCN1C(=O)c2ccccc2C1=O. The van der Waals surface area contributed by atoms with Crippen LogP contribution < -0.4 is 5.32 Å². The van der Waals surface area contributed by atoms with Crippen molar-refractivity contribution in [3.8, 4) is 11.9 Å². The van der Waals surface area contributed by atoms with E-state index < -0.39 is 0 Å². The Bertz CT molecular complexity index is 1260. The van der Waals surface area contributed by atoms with Crippen molar-refractivity contribution >= 4 is 23.5 Å². The zero-order chi connectivity index (χ0) is 26.0. The Balaban J connectivity index is 1.08. The molecule has 0 fully saturated rings. The third-order valence-corrected chi connectivity index (χ3v) is 6.43. The number of unbranched alkanes of at least 4 members (excludes halogenated alkanes) is 7. The Labute approximate surface area is 216 Å². The van der Waals surface area contributed by atoms with Gasteiger partial charge in [0.05, 0.1) is 17.3 Å². The molecule has 0 saturated heterocycles. The van der Waals surface area contributed by atoms with E-state index in [1.54, 1.807) is 42.6 Å². The second-order valence-electron chi connectivity index (χ2n) is 9.05. The number of nitriles is 1. The van der Waals surface area contributed by atoms with Gasteiger partial charge in [-0.3, -0.25) is 19.3 Å². The van der Waals surface area contributed by atoms with Gasteiger partial charge in [-0.15, -0.1) is 0 Å². The number of amides is 3. The molecule has 0 radical (unpaired) electrons. The quantitative estimate of drug-likeness (QED) is 0.265. The van der Waals surface area contributed by atoms with E-state index in [0.717, 1.165) is 51.4 Å². The third-order valence-electron chi connectivity index (χ3n) is 6.43. The first-order valence-corrected chi connectivity index (χ1v) is 12.7. The molecule has 1 N–H and O–H groups in total. The molecule has 1 aliphatic heterocycles. The van der Waals surface area contributed by atoms with Gasteiger partial charge in [0.2, 0.25) is 5.91 Å². The van der Waals surface area contributed by atoms with Gasteiger partial charge < -0.3 is 5.32 Å². The molecule has 3 amide bonds. The zero-order valence-electron chi connectivity index (χ0n) is 20.7. The van der Waals surface area contributed by atoms with Gasteiger partial charge in [0.25, 0.3) is 11.8 Å². The zero-order valence-corrected chi connectivity index (χ0v) is 20.7. The van der Waals surface area contributed by atoms with E-state index in [-0.39, 0.29) is 17.7 Å². The number of carbonyl (C=O) groups excluding carboxylic acids is 3. The van der Waals surface area contributed by atoms with E-state index >= 15 is 0 Å². The molecule has 1 aliphatic rings. The second-order valence-corrected chi connectivity index (χ2v) is 9.05. The van der Waals surface area contributed by atoms with Gasteiger partial charge in [-0.1, -0.05) is 56.7 Å². The smallest absolute Gasteiger partial charge is 0.261 e. The van der Waals surface area contributed by atoms with Crippen LogP contribution in [0.3, 0.4) is 0 Å². The van der Waals surface area contributed by atoms with Gasteiger partial charge in [-0.2, -0.15) is 15.0 Å².